The van der Waals surface area contributed by atoms with Gasteiger partial charge in [0, 0.05) is 25.6 Å². The van der Waals surface area contributed by atoms with E-state index in [1.54, 1.807) is 0 Å². The second-order valence-electron chi connectivity index (χ2n) is 7.90. The predicted molar refractivity (Wildman–Crippen MR) is 100 cm³/mol. The van der Waals surface area contributed by atoms with Crippen LogP contribution in [-0.2, 0) is 14.3 Å². The normalized spacial score (nSPS) is 24.0. The Hall–Kier alpha value is -2.08. The largest absolute Gasteiger partial charge is 0.487 e. The lowest BCUT2D eigenvalue weighted by atomic mass is 9.93. The molecule has 0 aromatic heterocycles. The van der Waals surface area contributed by atoms with Crippen molar-refractivity contribution < 1.29 is 19.1 Å². The predicted octanol–water partition coefficient (Wildman–Crippen LogP) is 2.00. The summed E-state index contributed by atoms with van der Waals surface area (Å²) in [4.78, 5) is 28.9. The smallest absolute Gasteiger partial charge is 0.251 e. The van der Waals surface area contributed by atoms with E-state index in [2.05, 4.69) is 0 Å². The number of benzene rings is 1. The van der Waals surface area contributed by atoms with Crippen molar-refractivity contribution in [3.8, 4) is 5.75 Å². The van der Waals surface area contributed by atoms with E-state index in [0.29, 0.717) is 32.8 Å². The summed E-state index contributed by atoms with van der Waals surface area (Å²) in [7, 11) is 0. The van der Waals surface area contributed by atoms with Gasteiger partial charge in [0.05, 0.1) is 13.1 Å². The summed E-state index contributed by atoms with van der Waals surface area (Å²) >= 11 is 0. The molecule has 3 fully saturated rings. The second-order valence-corrected chi connectivity index (χ2v) is 7.90. The molecule has 2 amide bonds. The highest BCUT2D eigenvalue weighted by molar-refractivity contribution is 5.83. The molecule has 1 atom stereocenters. The number of nitrogens with zero attached hydrogens (tertiary/aromatic N) is 2. The van der Waals surface area contributed by atoms with Gasteiger partial charge in [0.1, 0.15) is 18.0 Å². The zero-order valence-electron chi connectivity index (χ0n) is 15.9. The maximum atomic E-state index is 12.7. The molecule has 0 spiro atoms. The number of aryl methyl sites for hydroxylation is 1. The molecule has 3 aliphatic rings. The van der Waals surface area contributed by atoms with Crippen LogP contribution in [0.5, 0.6) is 5.75 Å². The fourth-order valence-corrected chi connectivity index (χ4v) is 4.15. The van der Waals surface area contributed by atoms with Crippen LogP contribution in [0, 0.1) is 12.8 Å². The van der Waals surface area contributed by atoms with Gasteiger partial charge in [-0.3, -0.25) is 9.59 Å². The Balaban J connectivity index is 1.21. The molecular weight excluding hydrogens is 344 g/mol. The average molecular weight is 372 g/mol. The Morgan fingerprint density at radius 2 is 1.85 bits per heavy atom. The molecule has 3 saturated heterocycles. The van der Waals surface area contributed by atoms with Crippen LogP contribution in [0.4, 0.5) is 0 Å². The van der Waals surface area contributed by atoms with Crippen LogP contribution in [0.1, 0.15) is 31.2 Å². The van der Waals surface area contributed by atoms with Crippen LogP contribution < -0.4 is 4.74 Å². The molecule has 0 aliphatic carbocycles. The van der Waals surface area contributed by atoms with Gasteiger partial charge in [-0.05, 0) is 50.3 Å². The van der Waals surface area contributed by atoms with Crippen LogP contribution in [-0.4, -0.2) is 66.6 Å². The van der Waals surface area contributed by atoms with Crippen molar-refractivity contribution in [1.29, 1.82) is 0 Å². The lowest BCUT2D eigenvalue weighted by Gasteiger charge is -2.42. The van der Waals surface area contributed by atoms with Gasteiger partial charge in [-0.15, -0.1) is 0 Å². The van der Waals surface area contributed by atoms with E-state index in [-0.39, 0.29) is 29.9 Å². The van der Waals surface area contributed by atoms with E-state index in [1.165, 1.54) is 5.56 Å². The highest BCUT2D eigenvalue weighted by Gasteiger charge is 2.38. The standard InChI is InChI=1S/C21H28N2O4/c1-15-4-2-5-17(12-15)27-18-13-23(14-18)20(24)16-7-9-22(10-8-16)21(25)19-6-3-11-26-19/h2,4-5,12,16,18-19H,3,6-11,13-14H2,1H3. The molecule has 3 aliphatic heterocycles. The number of carbonyl (C=O) groups is 2. The average Bonchev–Trinajstić information content (AvgIpc) is 3.18. The number of ether oxygens (including phenoxy) is 2. The van der Waals surface area contributed by atoms with Crippen LogP contribution in [0.3, 0.4) is 0 Å². The van der Waals surface area contributed by atoms with Crippen molar-refractivity contribution in [1.82, 2.24) is 9.80 Å². The van der Waals surface area contributed by atoms with Gasteiger partial charge in [-0.25, -0.2) is 0 Å². The Morgan fingerprint density at radius 1 is 1.07 bits per heavy atom. The van der Waals surface area contributed by atoms with Gasteiger partial charge in [0.2, 0.25) is 5.91 Å². The summed E-state index contributed by atoms with van der Waals surface area (Å²) in [5, 5.41) is 0. The molecular formula is C21H28N2O4. The van der Waals surface area contributed by atoms with E-state index in [9.17, 15) is 9.59 Å². The first-order chi connectivity index (χ1) is 13.1. The first kappa shape index (κ1) is 18.3. The molecule has 0 bridgehead atoms. The fourth-order valence-electron chi connectivity index (χ4n) is 4.15. The summed E-state index contributed by atoms with van der Waals surface area (Å²) in [5.41, 5.74) is 1.17. The molecule has 3 heterocycles. The van der Waals surface area contributed by atoms with Crippen molar-refractivity contribution in [2.45, 2.75) is 44.8 Å². The highest BCUT2D eigenvalue weighted by atomic mass is 16.5. The molecule has 1 aromatic carbocycles. The number of amides is 2. The fraction of sp³-hybridized carbons (Fsp3) is 0.619. The molecule has 0 N–H and O–H groups in total. The van der Waals surface area contributed by atoms with Gasteiger partial charge < -0.3 is 19.3 Å². The van der Waals surface area contributed by atoms with Gasteiger partial charge >= 0.3 is 0 Å². The van der Waals surface area contributed by atoms with Gasteiger partial charge in [0.15, 0.2) is 0 Å². The van der Waals surface area contributed by atoms with Crippen molar-refractivity contribution in [3.05, 3.63) is 29.8 Å². The lowest BCUT2D eigenvalue weighted by molar-refractivity contribution is -0.150. The molecule has 4 rings (SSSR count). The maximum Gasteiger partial charge on any atom is 0.251 e. The van der Waals surface area contributed by atoms with Crippen LogP contribution >= 0.6 is 0 Å². The van der Waals surface area contributed by atoms with Crippen molar-refractivity contribution in [3.63, 3.8) is 0 Å². The number of hydrogen-bond donors (Lipinski definition) is 0. The minimum atomic E-state index is -0.257. The topological polar surface area (TPSA) is 59.1 Å². The molecule has 6 heteroatoms. The zero-order valence-corrected chi connectivity index (χ0v) is 15.9. The summed E-state index contributed by atoms with van der Waals surface area (Å²) in [6, 6.07) is 8.00. The lowest BCUT2D eigenvalue weighted by Crippen LogP contribution is -2.58. The molecule has 1 aromatic rings. The molecule has 27 heavy (non-hydrogen) atoms. The Bertz CT molecular complexity index is 687. The van der Waals surface area contributed by atoms with E-state index < -0.39 is 0 Å². The summed E-state index contributed by atoms with van der Waals surface area (Å²) < 4.78 is 11.4. The maximum absolute atomic E-state index is 12.7. The van der Waals surface area contributed by atoms with Crippen LogP contribution in [0.15, 0.2) is 24.3 Å². The number of hydrogen-bond acceptors (Lipinski definition) is 4. The number of carbonyl (C=O) groups excluding carboxylic acids is 2. The Labute approximate surface area is 160 Å². The van der Waals surface area contributed by atoms with Gasteiger partial charge in [0.25, 0.3) is 5.91 Å². The minimum absolute atomic E-state index is 0.0264. The van der Waals surface area contributed by atoms with Crippen molar-refractivity contribution >= 4 is 11.8 Å². The zero-order chi connectivity index (χ0) is 18.8. The van der Waals surface area contributed by atoms with Crippen molar-refractivity contribution in [2.75, 3.05) is 32.8 Å². The van der Waals surface area contributed by atoms with Crippen LogP contribution in [0.25, 0.3) is 0 Å². The summed E-state index contributed by atoms with van der Waals surface area (Å²) in [6.45, 7) is 5.35. The Morgan fingerprint density at radius 3 is 2.52 bits per heavy atom. The van der Waals surface area contributed by atoms with E-state index >= 15 is 0 Å². The monoisotopic (exact) mass is 372 g/mol. The molecule has 146 valence electrons. The second kappa shape index (κ2) is 7.89. The molecule has 0 saturated carbocycles. The van der Waals surface area contributed by atoms with E-state index in [4.69, 9.17) is 9.47 Å². The summed E-state index contributed by atoms with van der Waals surface area (Å²) in [6.07, 6.45) is 3.11. The number of likely N-dealkylation sites (tertiary alicyclic amines) is 2. The highest BCUT2D eigenvalue weighted by Crippen LogP contribution is 2.26. The number of piperidine rings is 1. The third kappa shape index (κ3) is 4.10. The van der Waals surface area contributed by atoms with E-state index in [1.807, 2.05) is 41.0 Å². The molecule has 6 nitrogen and oxygen atoms in total. The number of rotatable bonds is 4. The first-order valence-electron chi connectivity index (χ1n) is 10.0. The SMILES string of the molecule is Cc1cccc(OC2CN(C(=O)C3CCN(C(=O)C4CCCO4)CC3)C2)c1. The minimum Gasteiger partial charge on any atom is -0.487 e. The Kier molecular flexibility index (Phi) is 5.34. The van der Waals surface area contributed by atoms with Crippen molar-refractivity contribution in [2.24, 2.45) is 5.92 Å². The van der Waals surface area contributed by atoms with Gasteiger partial charge in [-0.1, -0.05) is 12.1 Å². The van der Waals surface area contributed by atoms with Crippen LogP contribution in [0.2, 0.25) is 0 Å². The van der Waals surface area contributed by atoms with E-state index in [0.717, 1.165) is 31.4 Å². The van der Waals surface area contributed by atoms with Gasteiger partial charge in [-0.2, -0.15) is 0 Å². The summed E-state index contributed by atoms with van der Waals surface area (Å²) in [5.74, 6) is 1.21. The quantitative estimate of drug-likeness (QED) is 0.811. The third-order valence-corrected chi connectivity index (χ3v) is 5.81. The third-order valence-electron chi connectivity index (χ3n) is 5.81. The molecule has 0 radical (unpaired) electrons. The first-order valence-corrected chi connectivity index (χ1v) is 10.0. The molecule has 1 unspecified atom stereocenters.